The summed E-state index contributed by atoms with van der Waals surface area (Å²) in [5.74, 6) is -0.265. The zero-order valence-electron chi connectivity index (χ0n) is 9.27. The van der Waals surface area contributed by atoms with Crippen LogP contribution in [0, 0.1) is 5.82 Å². The molecule has 3 rings (SSSR count). The van der Waals surface area contributed by atoms with Crippen molar-refractivity contribution in [2.45, 2.75) is 0 Å². The number of rotatable bonds is 1. The minimum atomic E-state index is -0.265. The Hall–Kier alpha value is -2.00. The fourth-order valence-electron chi connectivity index (χ4n) is 1.79. The lowest BCUT2D eigenvalue weighted by atomic mass is 10.1. The van der Waals surface area contributed by atoms with Gasteiger partial charge in [-0.25, -0.2) is 4.39 Å². The monoisotopic (exact) mass is 258 g/mol. The van der Waals surface area contributed by atoms with Gasteiger partial charge in [-0.15, -0.1) is 0 Å². The van der Waals surface area contributed by atoms with Gasteiger partial charge in [-0.1, -0.05) is 11.6 Å². The highest BCUT2D eigenvalue weighted by Crippen LogP contribution is 2.25. The predicted molar refractivity (Wildman–Crippen MR) is 69.9 cm³/mol. The SMILES string of the molecule is Fc1ccc(-c2cc3c(Cl)ccnc3cn2)cc1. The van der Waals surface area contributed by atoms with E-state index in [0.717, 1.165) is 22.2 Å². The second-order valence-corrected chi connectivity index (χ2v) is 4.29. The Kier molecular flexibility index (Phi) is 2.68. The summed E-state index contributed by atoms with van der Waals surface area (Å²) in [5.41, 5.74) is 2.34. The molecular formula is C14H8ClFN2. The topological polar surface area (TPSA) is 25.8 Å². The van der Waals surface area contributed by atoms with Gasteiger partial charge in [0, 0.05) is 17.1 Å². The van der Waals surface area contributed by atoms with Crippen molar-refractivity contribution in [1.29, 1.82) is 0 Å². The molecule has 0 atom stereocenters. The van der Waals surface area contributed by atoms with Gasteiger partial charge < -0.3 is 0 Å². The zero-order valence-corrected chi connectivity index (χ0v) is 10.0. The third kappa shape index (κ3) is 1.93. The Balaban J connectivity index is 2.18. The molecule has 0 spiro atoms. The van der Waals surface area contributed by atoms with Gasteiger partial charge in [-0.2, -0.15) is 0 Å². The van der Waals surface area contributed by atoms with Crippen LogP contribution in [-0.4, -0.2) is 9.97 Å². The Labute approximate surface area is 108 Å². The highest BCUT2D eigenvalue weighted by Gasteiger charge is 2.04. The second-order valence-electron chi connectivity index (χ2n) is 3.89. The van der Waals surface area contributed by atoms with Crippen LogP contribution in [0.15, 0.2) is 48.8 Å². The summed E-state index contributed by atoms with van der Waals surface area (Å²) in [5, 5.41) is 1.47. The van der Waals surface area contributed by atoms with Crippen LogP contribution < -0.4 is 0 Å². The van der Waals surface area contributed by atoms with Crippen LogP contribution in [0.4, 0.5) is 4.39 Å². The fraction of sp³-hybridized carbons (Fsp3) is 0. The maximum absolute atomic E-state index is 12.9. The van der Waals surface area contributed by atoms with Gasteiger partial charge >= 0.3 is 0 Å². The number of nitrogens with zero attached hydrogens (tertiary/aromatic N) is 2. The molecule has 0 saturated heterocycles. The largest absolute Gasteiger partial charge is 0.255 e. The Morgan fingerprint density at radius 1 is 1.00 bits per heavy atom. The van der Waals surface area contributed by atoms with E-state index in [1.54, 1.807) is 30.6 Å². The smallest absolute Gasteiger partial charge is 0.123 e. The average molecular weight is 259 g/mol. The summed E-state index contributed by atoms with van der Waals surface area (Å²) in [6, 6.07) is 9.79. The van der Waals surface area contributed by atoms with Gasteiger partial charge in [-0.3, -0.25) is 9.97 Å². The quantitative estimate of drug-likeness (QED) is 0.657. The number of hydrogen-bond acceptors (Lipinski definition) is 2. The van der Waals surface area contributed by atoms with E-state index < -0.39 is 0 Å². The molecule has 0 radical (unpaired) electrons. The van der Waals surface area contributed by atoms with Gasteiger partial charge in [-0.05, 0) is 36.4 Å². The molecule has 0 amide bonds. The highest BCUT2D eigenvalue weighted by molar-refractivity contribution is 6.35. The highest BCUT2D eigenvalue weighted by atomic mass is 35.5. The molecule has 18 heavy (non-hydrogen) atoms. The van der Waals surface area contributed by atoms with Crippen molar-refractivity contribution in [1.82, 2.24) is 9.97 Å². The van der Waals surface area contributed by atoms with Crippen LogP contribution in [0.5, 0.6) is 0 Å². The molecule has 0 bridgehead atoms. The summed E-state index contributed by atoms with van der Waals surface area (Å²) in [4.78, 5) is 8.49. The third-order valence-corrected chi connectivity index (χ3v) is 3.04. The van der Waals surface area contributed by atoms with Crippen molar-refractivity contribution >= 4 is 22.5 Å². The number of aromatic nitrogens is 2. The van der Waals surface area contributed by atoms with E-state index in [9.17, 15) is 4.39 Å². The first kappa shape index (κ1) is 11.1. The summed E-state index contributed by atoms with van der Waals surface area (Å²) in [6.07, 6.45) is 3.31. The first-order valence-electron chi connectivity index (χ1n) is 5.40. The zero-order chi connectivity index (χ0) is 12.5. The molecule has 3 aromatic rings. The van der Waals surface area contributed by atoms with Crippen molar-refractivity contribution in [3.63, 3.8) is 0 Å². The van der Waals surface area contributed by atoms with Crippen molar-refractivity contribution in [2.24, 2.45) is 0 Å². The number of benzene rings is 1. The summed E-state index contributed by atoms with van der Waals surface area (Å²) < 4.78 is 12.9. The van der Waals surface area contributed by atoms with Crippen molar-refractivity contribution < 1.29 is 4.39 Å². The molecule has 0 unspecified atom stereocenters. The van der Waals surface area contributed by atoms with Gasteiger partial charge in [0.15, 0.2) is 0 Å². The molecule has 1 aromatic carbocycles. The summed E-state index contributed by atoms with van der Waals surface area (Å²) in [6.45, 7) is 0. The van der Waals surface area contributed by atoms with Crippen LogP contribution in [-0.2, 0) is 0 Å². The van der Waals surface area contributed by atoms with Crippen molar-refractivity contribution in [2.75, 3.05) is 0 Å². The van der Waals surface area contributed by atoms with Crippen LogP contribution >= 0.6 is 11.6 Å². The van der Waals surface area contributed by atoms with Gasteiger partial charge in [0.25, 0.3) is 0 Å². The average Bonchev–Trinajstić information content (AvgIpc) is 2.40. The standard InChI is InChI=1S/C14H8ClFN2/c15-12-5-6-17-14-8-18-13(7-11(12)14)9-1-3-10(16)4-2-9/h1-8H. The lowest BCUT2D eigenvalue weighted by molar-refractivity contribution is 0.628. The minimum Gasteiger partial charge on any atom is -0.255 e. The molecule has 2 heterocycles. The van der Waals surface area contributed by atoms with E-state index >= 15 is 0 Å². The third-order valence-electron chi connectivity index (χ3n) is 2.71. The normalized spacial score (nSPS) is 10.8. The Morgan fingerprint density at radius 2 is 1.78 bits per heavy atom. The van der Waals surface area contributed by atoms with Gasteiger partial charge in [0.2, 0.25) is 0 Å². The lowest BCUT2D eigenvalue weighted by Gasteiger charge is -2.04. The molecule has 0 saturated carbocycles. The van der Waals surface area contributed by atoms with Crippen molar-refractivity contribution in [3.8, 4) is 11.3 Å². The van der Waals surface area contributed by atoms with E-state index in [1.165, 1.54) is 12.1 Å². The second kappa shape index (κ2) is 4.35. The minimum absolute atomic E-state index is 0.265. The van der Waals surface area contributed by atoms with Gasteiger partial charge in [0.1, 0.15) is 5.82 Å². The van der Waals surface area contributed by atoms with E-state index in [-0.39, 0.29) is 5.82 Å². The Bertz CT molecular complexity index is 711. The van der Waals surface area contributed by atoms with Crippen LogP contribution in [0.3, 0.4) is 0 Å². The number of fused-ring (bicyclic) bond motifs is 1. The van der Waals surface area contributed by atoms with Crippen LogP contribution in [0.1, 0.15) is 0 Å². The Morgan fingerprint density at radius 3 is 2.56 bits per heavy atom. The maximum atomic E-state index is 12.9. The first-order chi connectivity index (χ1) is 8.74. The van der Waals surface area contributed by atoms with Crippen LogP contribution in [0.25, 0.3) is 22.2 Å². The molecule has 2 nitrogen and oxygen atoms in total. The van der Waals surface area contributed by atoms with Crippen molar-refractivity contribution in [3.05, 3.63) is 59.6 Å². The molecule has 2 aromatic heterocycles. The predicted octanol–water partition coefficient (Wildman–Crippen LogP) is 4.09. The van der Waals surface area contributed by atoms with E-state index in [0.29, 0.717) is 5.02 Å². The van der Waals surface area contributed by atoms with Gasteiger partial charge in [0.05, 0.1) is 22.4 Å². The molecule has 88 valence electrons. The fourth-order valence-corrected chi connectivity index (χ4v) is 2.00. The molecule has 0 aliphatic heterocycles. The number of pyridine rings is 2. The molecular weight excluding hydrogens is 251 g/mol. The van der Waals surface area contributed by atoms with E-state index in [2.05, 4.69) is 9.97 Å². The van der Waals surface area contributed by atoms with E-state index in [1.807, 2.05) is 6.07 Å². The number of halogens is 2. The molecule has 0 N–H and O–H groups in total. The molecule has 0 aliphatic rings. The lowest BCUT2D eigenvalue weighted by Crippen LogP contribution is -1.87. The number of hydrogen-bond donors (Lipinski definition) is 0. The van der Waals surface area contributed by atoms with Crippen LogP contribution in [0.2, 0.25) is 5.02 Å². The molecule has 0 aliphatic carbocycles. The molecule has 0 fully saturated rings. The summed E-state index contributed by atoms with van der Waals surface area (Å²) in [7, 11) is 0. The molecule has 4 heteroatoms. The summed E-state index contributed by atoms with van der Waals surface area (Å²) >= 11 is 6.11. The van der Waals surface area contributed by atoms with E-state index in [4.69, 9.17) is 11.6 Å². The maximum Gasteiger partial charge on any atom is 0.123 e. The first-order valence-corrected chi connectivity index (χ1v) is 5.78.